The van der Waals surface area contributed by atoms with Crippen LogP contribution in [0.1, 0.15) is 5.76 Å². The summed E-state index contributed by atoms with van der Waals surface area (Å²) in [6.07, 6.45) is -4.91. The Bertz CT molecular complexity index is 1140. The van der Waals surface area contributed by atoms with Crippen LogP contribution in [0.15, 0.2) is 62.2 Å². The maximum Gasteiger partial charge on any atom is 0.450 e. The standard InChI is InChI=1S/C18H9F3O4/c19-18(20,21)17-15(14-7-9-3-1-2-4-12(9)24-14)16(23)11-6-5-10(22)8-13(11)25-17/h1-8,22H. The molecule has 126 valence electrons. The summed E-state index contributed by atoms with van der Waals surface area (Å²) >= 11 is 0. The van der Waals surface area contributed by atoms with Gasteiger partial charge in [0.25, 0.3) is 0 Å². The van der Waals surface area contributed by atoms with Gasteiger partial charge in [-0.05, 0) is 24.3 Å². The minimum atomic E-state index is -4.91. The third kappa shape index (κ3) is 2.44. The molecule has 0 aliphatic carbocycles. The number of para-hydroxylation sites is 1. The molecule has 25 heavy (non-hydrogen) atoms. The minimum absolute atomic E-state index is 0.0822. The molecule has 4 rings (SSSR count). The Kier molecular flexibility index (Phi) is 3.15. The van der Waals surface area contributed by atoms with Crippen LogP contribution in [0, 0.1) is 0 Å². The lowest BCUT2D eigenvalue weighted by Crippen LogP contribution is -2.15. The van der Waals surface area contributed by atoms with Crippen LogP contribution < -0.4 is 5.43 Å². The number of rotatable bonds is 1. The largest absolute Gasteiger partial charge is 0.508 e. The van der Waals surface area contributed by atoms with Gasteiger partial charge in [-0.1, -0.05) is 18.2 Å². The van der Waals surface area contributed by atoms with Gasteiger partial charge in [-0.25, -0.2) is 0 Å². The van der Waals surface area contributed by atoms with Crippen molar-refractivity contribution in [3.63, 3.8) is 0 Å². The molecule has 1 N–H and O–H groups in total. The fraction of sp³-hybridized carbons (Fsp3) is 0.0556. The van der Waals surface area contributed by atoms with Gasteiger partial charge in [0.15, 0.2) is 0 Å². The van der Waals surface area contributed by atoms with Crippen LogP contribution in [0.3, 0.4) is 0 Å². The zero-order valence-corrected chi connectivity index (χ0v) is 12.4. The number of phenols is 1. The summed E-state index contributed by atoms with van der Waals surface area (Å²) in [6, 6.07) is 11.4. The first-order valence-corrected chi connectivity index (χ1v) is 7.20. The fourth-order valence-corrected chi connectivity index (χ4v) is 2.71. The van der Waals surface area contributed by atoms with Gasteiger partial charge in [-0.3, -0.25) is 4.79 Å². The Morgan fingerprint density at radius 3 is 2.40 bits per heavy atom. The molecule has 0 unspecified atom stereocenters. The average Bonchev–Trinajstić information content (AvgIpc) is 2.97. The zero-order chi connectivity index (χ0) is 17.8. The molecular weight excluding hydrogens is 337 g/mol. The molecule has 4 aromatic rings. The highest BCUT2D eigenvalue weighted by atomic mass is 19.4. The van der Waals surface area contributed by atoms with Gasteiger partial charge in [0.1, 0.15) is 28.2 Å². The predicted molar refractivity (Wildman–Crippen MR) is 84.4 cm³/mol. The normalized spacial score (nSPS) is 12.1. The summed E-state index contributed by atoms with van der Waals surface area (Å²) in [5, 5.41) is 9.92. The SMILES string of the molecule is O=c1c(-c2cc3ccccc3o2)c(C(F)(F)F)oc2cc(O)ccc12. The highest BCUT2D eigenvalue weighted by Gasteiger charge is 2.40. The van der Waals surface area contributed by atoms with Crippen molar-refractivity contribution in [2.24, 2.45) is 0 Å². The summed E-state index contributed by atoms with van der Waals surface area (Å²) < 4.78 is 50.7. The summed E-state index contributed by atoms with van der Waals surface area (Å²) in [5.74, 6) is -1.99. The number of fused-ring (bicyclic) bond motifs is 2. The molecule has 0 aliphatic heterocycles. The van der Waals surface area contributed by atoms with E-state index in [1.54, 1.807) is 24.3 Å². The van der Waals surface area contributed by atoms with E-state index < -0.39 is 22.9 Å². The first kappa shape index (κ1) is 15.3. The van der Waals surface area contributed by atoms with Gasteiger partial charge in [0.2, 0.25) is 11.2 Å². The first-order chi connectivity index (χ1) is 11.8. The van der Waals surface area contributed by atoms with Crippen molar-refractivity contribution in [2.75, 3.05) is 0 Å². The average molecular weight is 346 g/mol. The first-order valence-electron chi connectivity index (χ1n) is 7.20. The van der Waals surface area contributed by atoms with Gasteiger partial charge in [0, 0.05) is 11.5 Å². The Hall–Kier alpha value is -3.22. The smallest absolute Gasteiger partial charge is 0.450 e. The zero-order valence-electron chi connectivity index (χ0n) is 12.4. The second-order valence-electron chi connectivity index (χ2n) is 5.46. The summed E-state index contributed by atoms with van der Waals surface area (Å²) in [7, 11) is 0. The lowest BCUT2D eigenvalue weighted by atomic mass is 10.1. The number of alkyl halides is 3. The quantitative estimate of drug-likeness (QED) is 0.531. The topological polar surface area (TPSA) is 63.6 Å². The molecule has 0 atom stereocenters. The molecule has 2 aromatic heterocycles. The molecule has 0 aliphatic rings. The van der Waals surface area contributed by atoms with Crippen LogP contribution in [-0.4, -0.2) is 5.11 Å². The van der Waals surface area contributed by atoms with Gasteiger partial charge < -0.3 is 13.9 Å². The molecule has 0 bridgehead atoms. The van der Waals surface area contributed by atoms with Crippen LogP contribution in [0.25, 0.3) is 33.3 Å². The Morgan fingerprint density at radius 2 is 1.68 bits per heavy atom. The highest BCUT2D eigenvalue weighted by Crippen LogP contribution is 2.39. The molecule has 7 heteroatoms. The van der Waals surface area contributed by atoms with Gasteiger partial charge in [-0.15, -0.1) is 0 Å². The van der Waals surface area contributed by atoms with E-state index in [0.29, 0.717) is 11.0 Å². The molecule has 0 amide bonds. The lowest BCUT2D eigenvalue weighted by Gasteiger charge is -2.11. The van der Waals surface area contributed by atoms with Crippen LogP contribution in [0.4, 0.5) is 13.2 Å². The van der Waals surface area contributed by atoms with Crippen molar-refractivity contribution in [2.45, 2.75) is 6.18 Å². The number of hydrogen-bond donors (Lipinski definition) is 1. The molecule has 0 radical (unpaired) electrons. The van der Waals surface area contributed by atoms with Crippen LogP contribution in [0.2, 0.25) is 0 Å². The third-order valence-electron chi connectivity index (χ3n) is 3.81. The summed E-state index contributed by atoms with van der Waals surface area (Å²) in [5.41, 5.74) is -1.57. The predicted octanol–water partition coefficient (Wildman–Crippen LogP) is 4.93. The maximum atomic E-state index is 13.5. The minimum Gasteiger partial charge on any atom is -0.508 e. The number of phenolic OH excluding ortho intramolecular Hbond substituents is 1. The van der Waals surface area contributed by atoms with Crippen molar-refractivity contribution in [1.82, 2.24) is 0 Å². The molecule has 0 saturated carbocycles. The van der Waals surface area contributed by atoms with E-state index in [-0.39, 0.29) is 22.5 Å². The molecular formula is C18H9F3O4. The van der Waals surface area contributed by atoms with E-state index >= 15 is 0 Å². The third-order valence-corrected chi connectivity index (χ3v) is 3.81. The van der Waals surface area contributed by atoms with Gasteiger partial charge in [0.05, 0.1) is 5.39 Å². The van der Waals surface area contributed by atoms with E-state index in [9.17, 15) is 23.1 Å². The number of benzene rings is 2. The summed E-state index contributed by atoms with van der Waals surface area (Å²) in [6.45, 7) is 0. The number of halogens is 3. The van der Waals surface area contributed by atoms with Crippen molar-refractivity contribution >= 4 is 21.9 Å². The fourth-order valence-electron chi connectivity index (χ4n) is 2.71. The van der Waals surface area contributed by atoms with Gasteiger partial charge >= 0.3 is 6.18 Å². The van der Waals surface area contributed by atoms with E-state index in [2.05, 4.69) is 0 Å². The van der Waals surface area contributed by atoms with Crippen LogP contribution in [-0.2, 0) is 6.18 Å². The van der Waals surface area contributed by atoms with Crippen LogP contribution >= 0.6 is 0 Å². The Morgan fingerprint density at radius 1 is 0.920 bits per heavy atom. The van der Waals surface area contributed by atoms with E-state index in [1.807, 2.05) is 0 Å². The lowest BCUT2D eigenvalue weighted by molar-refractivity contribution is -0.152. The van der Waals surface area contributed by atoms with Gasteiger partial charge in [-0.2, -0.15) is 13.2 Å². The van der Waals surface area contributed by atoms with E-state index in [1.165, 1.54) is 18.2 Å². The van der Waals surface area contributed by atoms with E-state index in [4.69, 9.17) is 8.83 Å². The van der Waals surface area contributed by atoms with Crippen molar-refractivity contribution in [3.05, 3.63) is 64.5 Å². The second-order valence-corrected chi connectivity index (χ2v) is 5.46. The highest BCUT2D eigenvalue weighted by molar-refractivity contribution is 5.87. The monoisotopic (exact) mass is 346 g/mol. The van der Waals surface area contributed by atoms with Crippen molar-refractivity contribution in [3.8, 4) is 17.1 Å². The number of hydrogen-bond acceptors (Lipinski definition) is 4. The molecule has 4 nitrogen and oxygen atoms in total. The second kappa shape index (κ2) is 5.14. The number of furan rings is 1. The van der Waals surface area contributed by atoms with E-state index in [0.717, 1.165) is 6.07 Å². The van der Waals surface area contributed by atoms with Crippen molar-refractivity contribution < 1.29 is 27.1 Å². The molecule has 0 fully saturated rings. The molecule has 0 spiro atoms. The molecule has 0 saturated heterocycles. The number of aromatic hydroxyl groups is 1. The Balaban J connectivity index is 2.12. The van der Waals surface area contributed by atoms with Crippen LogP contribution in [0.5, 0.6) is 5.75 Å². The maximum absolute atomic E-state index is 13.5. The Labute approximate surface area is 137 Å². The van der Waals surface area contributed by atoms with Crippen molar-refractivity contribution in [1.29, 1.82) is 0 Å². The summed E-state index contributed by atoms with van der Waals surface area (Å²) in [4.78, 5) is 12.7. The molecule has 2 aromatic carbocycles. The molecule has 2 heterocycles.